The lowest BCUT2D eigenvalue weighted by atomic mass is 10.0. The fraction of sp³-hybridized carbons (Fsp3) is 0.391. The first-order valence-electron chi connectivity index (χ1n) is 9.84. The third kappa shape index (κ3) is 6.20. The minimum absolute atomic E-state index is 0.00308. The van der Waals surface area contributed by atoms with Crippen molar-refractivity contribution in [2.24, 2.45) is 0 Å². The van der Waals surface area contributed by atoms with Crippen LogP contribution in [0, 0.1) is 5.82 Å². The monoisotopic (exact) mass is 418 g/mol. The van der Waals surface area contributed by atoms with Gasteiger partial charge < -0.3 is 19.3 Å². The van der Waals surface area contributed by atoms with Gasteiger partial charge in [0.25, 0.3) is 0 Å². The van der Waals surface area contributed by atoms with Crippen LogP contribution in [0.5, 0.6) is 17.2 Å². The second-order valence-corrected chi connectivity index (χ2v) is 6.81. The van der Waals surface area contributed by atoms with Gasteiger partial charge in [-0.05, 0) is 43.2 Å². The predicted molar refractivity (Wildman–Crippen MR) is 110 cm³/mol. The first-order valence-corrected chi connectivity index (χ1v) is 9.84. The number of aromatic hydroxyl groups is 1. The van der Waals surface area contributed by atoms with E-state index in [9.17, 15) is 19.1 Å². The lowest BCUT2D eigenvalue weighted by Crippen LogP contribution is -2.08. The molecule has 0 atom stereocenters. The lowest BCUT2D eigenvalue weighted by molar-refractivity contribution is -0.139. The van der Waals surface area contributed by atoms with Crippen LogP contribution in [0.1, 0.15) is 48.2 Å². The van der Waals surface area contributed by atoms with Crippen LogP contribution < -0.4 is 9.47 Å². The molecule has 0 unspecified atom stereocenters. The number of Topliss-reactive ketones (excluding diaryl/α,β-unsaturated/α-hetero) is 1. The number of rotatable bonds is 11. The molecule has 0 aromatic heterocycles. The van der Waals surface area contributed by atoms with Crippen LogP contribution in [0.4, 0.5) is 4.39 Å². The SMILES string of the molecule is CCCc1c(OCCCOc2ccc(CC(=O)OC)cc2F)ccc(C(C)=O)c1O. The molecule has 0 aliphatic carbocycles. The average Bonchev–Trinajstić information content (AvgIpc) is 2.71. The maximum absolute atomic E-state index is 14.1. The molecule has 7 heteroatoms. The first kappa shape index (κ1) is 23.2. The van der Waals surface area contributed by atoms with E-state index < -0.39 is 11.8 Å². The Kier molecular flexibility index (Phi) is 8.65. The van der Waals surface area contributed by atoms with Crippen molar-refractivity contribution >= 4 is 11.8 Å². The molecule has 0 bridgehead atoms. The van der Waals surface area contributed by atoms with E-state index in [1.54, 1.807) is 18.2 Å². The van der Waals surface area contributed by atoms with Crippen LogP contribution in [-0.4, -0.2) is 37.2 Å². The summed E-state index contributed by atoms with van der Waals surface area (Å²) < 4.78 is 29.9. The number of benzene rings is 2. The smallest absolute Gasteiger partial charge is 0.309 e. The van der Waals surface area contributed by atoms with Crippen molar-refractivity contribution in [1.82, 2.24) is 0 Å². The van der Waals surface area contributed by atoms with E-state index in [1.165, 1.54) is 26.2 Å². The molecule has 162 valence electrons. The Labute approximate surface area is 175 Å². The summed E-state index contributed by atoms with van der Waals surface area (Å²) in [6, 6.07) is 7.57. The van der Waals surface area contributed by atoms with Gasteiger partial charge in [0.05, 0.1) is 32.3 Å². The highest BCUT2D eigenvalue weighted by Crippen LogP contribution is 2.33. The van der Waals surface area contributed by atoms with E-state index in [2.05, 4.69) is 4.74 Å². The summed E-state index contributed by atoms with van der Waals surface area (Å²) in [5.41, 5.74) is 1.39. The Balaban J connectivity index is 1.89. The van der Waals surface area contributed by atoms with Gasteiger partial charge in [-0.3, -0.25) is 9.59 Å². The van der Waals surface area contributed by atoms with Crippen molar-refractivity contribution in [2.75, 3.05) is 20.3 Å². The Morgan fingerprint density at radius 2 is 1.73 bits per heavy atom. The maximum Gasteiger partial charge on any atom is 0.309 e. The highest BCUT2D eigenvalue weighted by atomic mass is 19.1. The van der Waals surface area contributed by atoms with E-state index >= 15 is 0 Å². The molecule has 0 saturated carbocycles. The van der Waals surface area contributed by atoms with Gasteiger partial charge in [-0.1, -0.05) is 19.4 Å². The highest BCUT2D eigenvalue weighted by Gasteiger charge is 2.16. The number of ether oxygens (including phenoxy) is 3. The first-order chi connectivity index (χ1) is 14.4. The number of phenolic OH excluding ortho intramolecular Hbond substituents is 1. The Morgan fingerprint density at radius 1 is 1.07 bits per heavy atom. The molecule has 30 heavy (non-hydrogen) atoms. The van der Waals surface area contributed by atoms with Crippen molar-refractivity contribution in [2.45, 2.75) is 39.5 Å². The van der Waals surface area contributed by atoms with Crippen LogP contribution in [0.3, 0.4) is 0 Å². The minimum atomic E-state index is -0.549. The predicted octanol–water partition coefficient (Wildman–Crippen LogP) is 4.25. The molecule has 0 aliphatic heterocycles. The molecular weight excluding hydrogens is 391 g/mol. The van der Waals surface area contributed by atoms with Crippen molar-refractivity contribution in [1.29, 1.82) is 0 Å². The zero-order valence-corrected chi connectivity index (χ0v) is 17.5. The second-order valence-electron chi connectivity index (χ2n) is 6.81. The van der Waals surface area contributed by atoms with Crippen LogP contribution in [0.2, 0.25) is 0 Å². The van der Waals surface area contributed by atoms with Crippen LogP contribution in [0.25, 0.3) is 0 Å². The van der Waals surface area contributed by atoms with Crippen LogP contribution >= 0.6 is 0 Å². The van der Waals surface area contributed by atoms with E-state index in [0.29, 0.717) is 36.3 Å². The fourth-order valence-corrected chi connectivity index (χ4v) is 2.96. The number of esters is 1. The molecule has 1 N–H and O–H groups in total. The molecule has 6 nitrogen and oxygen atoms in total. The number of hydrogen-bond donors (Lipinski definition) is 1. The number of carbonyl (C=O) groups is 2. The molecule has 0 aliphatic rings. The lowest BCUT2D eigenvalue weighted by Gasteiger charge is -2.15. The largest absolute Gasteiger partial charge is 0.507 e. The van der Waals surface area contributed by atoms with Gasteiger partial charge in [-0.25, -0.2) is 4.39 Å². The summed E-state index contributed by atoms with van der Waals surface area (Å²) in [6.45, 7) is 3.91. The molecule has 2 aromatic rings. The van der Waals surface area contributed by atoms with Gasteiger partial charge in [0.2, 0.25) is 0 Å². The molecule has 0 fully saturated rings. The minimum Gasteiger partial charge on any atom is -0.507 e. The van der Waals surface area contributed by atoms with Crippen molar-refractivity contribution in [3.63, 3.8) is 0 Å². The van der Waals surface area contributed by atoms with Gasteiger partial charge in [0.1, 0.15) is 11.5 Å². The molecule has 0 heterocycles. The normalized spacial score (nSPS) is 10.5. The van der Waals surface area contributed by atoms with Gasteiger partial charge in [0, 0.05) is 12.0 Å². The summed E-state index contributed by atoms with van der Waals surface area (Å²) in [6.07, 6.45) is 1.86. The van der Waals surface area contributed by atoms with Crippen LogP contribution in [-0.2, 0) is 22.4 Å². The summed E-state index contributed by atoms with van der Waals surface area (Å²) >= 11 is 0. The molecule has 0 spiro atoms. The third-order valence-electron chi connectivity index (χ3n) is 4.50. The standard InChI is InChI=1S/C23H27FO6/c1-4-6-18-20(10-8-17(15(2)25)23(18)27)29-11-5-12-30-21-9-7-16(13-19(21)24)14-22(26)28-3/h7-10,13,27H,4-6,11-12,14H2,1-3H3. The fourth-order valence-electron chi connectivity index (χ4n) is 2.96. The molecule has 2 rings (SSSR count). The van der Waals surface area contributed by atoms with Gasteiger partial charge in [-0.15, -0.1) is 0 Å². The number of hydrogen-bond acceptors (Lipinski definition) is 6. The Morgan fingerprint density at radius 3 is 2.33 bits per heavy atom. The second kappa shape index (κ2) is 11.2. The van der Waals surface area contributed by atoms with E-state index in [1.807, 2.05) is 6.92 Å². The molecule has 0 amide bonds. The molecule has 2 aromatic carbocycles. The van der Waals surface area contributed by atoms with E-state index in [-0.39, 0.29) is 35.9 Å². The number of carbonyl (C=O) groups excluding carboxylic acids is 2. The summed E-state index contributed by atoms with van der Waals surface area (Å²) in [7, 11) is 1.28. The summed E-state index contributed by atoms with van der Waals surface area (Å²) in [5.74, 6) is -0.606. The van der Waals surface area contributed by atoms with Gasteiger partial charge >= 0.3 is 5.97 Å². The topological polar surface area (TPSA) is 82.1 Å². The quantitative estimate of drug-likeness (QED) is 0.334. The highest BCUT2D eigenvalue weighted by molar-refractivity contribution is 5.97. The van der Waals surface area contributed by atoms with Crippen molar-refractivity contribution in [3.05, 3.63) is 52.8 Å². The summed E-state index contributed by atoms with van der Waals surface area (Å²) in [4.78, 5) is 22.9. The van der Waals surface area contributed by atoms with Crippen LogP contribution in [0.15, 0.2) is 30.3 Å². The zero-order chi connectivity index (χ0) is 22.1. The number of ketones is 1. The Hall–Kier alpha value is -3.09. The maximum atomic E-state index is 14.1. The van der Waals surface area contributed by atoms with Crippen molar-refractivity contribution < 1.29 is 33.3 Å². The zero-order valence-electron chi connectivity index (χ0n) is 17.5. The molecule has 0 saturated heterocycles. The average molecular weight is 418 g/mol. The van der Waals surface area contributed by atoms with Gasteiger partial charge in [0.15, 0.2) is 17.3 Å². The van der Waals surface area contributed by atoms with E-state index in [0.717, 1.165) is 6.42 Å². The number of phenols is 1. The van der Waals surface area contributed by atoms with Crippen molar-refractivity contribution in [3.8, 4) is 17.2 Å². The number of methoxy groups -OCH3 is 1. The van der Waals surface area contributed by atoms with E-state index in [4.69, 9.17) is 9.47 Å². The molecular formula is C23H27FO6. The van der Waals surface area contributed by atoms with Gasteiger partial charge in [-0.2, -0.15) is 0 Å². The summed E-state index contributed by atoms with van der Waals surface area (Å²) in [5, 5.41) is 10.3. The number of halogens is 1. The third-order valence-corrected chi connectivity index (χ3v) is 4.50. The molecule has 0 radical (unpaired) electrons. The Bertz CT molecular complexity index is 894.